The lowest BCUT2D eigenvalue weighted by Crippen LogP contribution is -2.03. The quantitative estimate of drug-likeness (QED) is 0.853. The Morgan fingerprint density at radius 3 is 2.85 bits per heavy atom. The maximum atomic E-state index is 11.9. The molecule has 2 aromatic rings. The summed E-state index contributed by atoms with van der Waals surface area (Å²) in [7, 11) is 0. The molecule has 1 aliphatic heterocycles. The van der Waals surface area contributed by atoms with Gasteiger partial charge < -0.3 is 5.32 Å². The number of amides is 1. The fourth-order valence-corrected chi connectivity index (χ4v) is 3.14. The Hall–Kier alpha value is -2.00. The molecular weight excluding hydrogens is 266 g/mol. The van der Waals surface area contributed by atoms with Crippen molar-refractivity contribution in [2.24, 2.45) is 0 Å². The normalized spacial score (nSPS) is 15.2. The SMILES string of the molecule is Cc1cccc(CSC=C2C(=O)Nc3ccccc32)c1. The molecule has 0 unspecified atom stereocenters. The van der Waals surface area contributed by atoms with E-state index in [9.17, 15) is 4.79 Å². The van der Waals surface area contributed by atoms with E-state index in [0.717, 1.165) is 22.6 Å². The summed E-state index contributed by atoms with van der Waals surface area (Å²) < 4.78 is 0. The van der Waals surface area contributed by atoms with Crippen molar-refractivity contribution >= 4 is 28.9 Å². The molecule has 0 saturated carbocycles. The van der Waals surface area contributed by atoms with E-state index in [1.54, 1.807) is 11.8 Å². The Kier molecular flexibility index (Phi) is 3.61. The average molecular weight is 281 g/mol. The molecule has 0 fully saturated rings. The lowest BCUT2D eigenvalue weighted by molar-refractivity contribution is -0.110. The molecule has 0 aromatic heterocycles. The Labute approximate surface area is 122 Å². The molecule has 0 spiro atoms. The van der Waals surface area contributed by atoms with Gasteiger partial charge in [0, 0.05) is 17.0 Å². The van der Waals surface area contributed by atoms with Crippen molar-refractivity contribution in [1.82, 2.24) is 0 Å². The van der Waals surface area contributed by atoms with Gasteiger partial charge in [-0.1, -0.05) is 48.0 Å². The molecule has 3 rings (SSSR count). The number of anilines is 1. The van der Waals surface area contributed by atoms with Crippen molar-refractivity contribution in [3.63, 3.8) is 0 Å². The highest BCUT2D eigenvalue weighted by Crippen LogP contribution is 2.33. The molecule has 0 bridgehead atoms. The molecule has 1 aliphatic rings. The monoisotopic (exact) mass is 281 g/mol. The standard InChI is InChI=1S/C17H15NOS/c1-12-5-4-6-13(9-12)10-20-11-15-14-7-2-3-8-16(14)18-17(15)19/h2-9,11H,10H2,1H3,(H,18,19). The van der Waals surface area contributed by atoms with E-state index in [4.69, 9.17) is 0 Å². The first-order chi connectivity index (χ1) is 9.74. The smallest absolute Gasteiger partial charge is 0.256 e. The fraction of sp³-hybridized carbons (Fsp3) is 0.118. The fourth-order valence-electron chi connectivity index (χ4n) is 2.28. The van der Waals surface area contributed by atoms with Gasteiger partial charge in [0.05, 0.1) is 5.57 Å². The van der Waals surface area contributed by atoms with Crippen LogP contribution in [0.2, 0.25) is 0 Å². The van der Waals surface area contributed by atoms with Gasteiger partial charge in [0.2, 0.25) is 0 Å². The summed E-state index contributed by atoms with van der Waals surface area (Å²) in [6, 6.07) is 16.2. The molecule has 1 N–H and O–H groups in total. The van der Waals surface area contributed by atoms with Crippen LogP contribution in [-0.2, 0) is 10.5 Å². The summed E-state index contributed by atoms with van der Waals surface area (Å²) in [4.78, 5) is 11.9. The van der Waals surface area contributed by atoms with Gasteiger partial charge in [0.15, 0.2) is 0 Å². The number of thioether (sulfide) groups is 1. The third-order valence-corrected chi connectivity index (χ3v) is 4.15. The third kappa shape index (κ3) is 2.63. The van der Waals surface area contributed by atoms with E-state index in [0.29, 0.717) is 0 Å². The highest BCUT2D eigenvalue weighted by Gasteiger charge is 2.22. The predicted molar refractivity (Wildman–Crippen MR) is 85.5 cm³/mol. The minimum atomic E-state index is -0.0112. The molecule has 1 heterocycles. The van der Waals surface area contributed by atoms with Crippen molar-refractivity contribution in [2.75, 3.05) is 5.32 Å². The number of hydrogen-bond donors (Lipinski definition) is 1. The maximum absolute atomic E-state index is 11.9. The first-order valence-electron chi connectivity index (χ1n) is 6.52. The summed E-state index contributed by atoms with van der Waals surface area (Å²) in [5, 5.41) is 4.85. The lowest BCUT2D eigenvalue weighted by Gasteiger charge is -2.01. The van der Waals surface area contributed by atoms with Crippen LogP contribution in [0.4, 0.5) is 5.69 Å². The van der Waals surface area contributed by atoms with Gasteiger partial charge in [0.25, 0.3) is 5.91 Å². The molecule has 0 radical (unpaired) electrons. The molecule has 0 atom stereocenters. The van der Waals surface area contributed by atoms with Gasteiger partial charge >= 0.3 is 0 Å². The molecule has 0 aliphatic carbocycles. The van der Waals surface area contributed by atoms with Crippen LogP contribution in [0.5, 0.6) is 0 Å². The van der Waals surface area contributed by atoms with Crippen molar-refractivity contribution in [2.45, 2.75) is 12.7 Å². The van der Waals surface area contributed by atoms with Crippen LogP contribution in [0.3, 0.4) is 0 Å². The summed E-state index contributed by atoms with van der Waals surface area (Å²) in [5.41, 5.74) is 5.20. The molecule has 100 valence electrons. The molecule has 20 heavy (non-hydrogen) atoms. The van der Waals surface area contributed by atoms with Crippen LogP contribution >= 0.6 is 11.8 Å². The second kappa shape index (κ2) is 5.55. The topological polar surface area (TPSA) is 29.1 Å². The molecule has 3 heteroatoms. The Balaban J connectivity index is 1.75. The van der Waals surface area contributed by atoms with Gasteiger partial charge in [-0.2, -0.15) is 0 Å². The second-order valence-corrected chi connectivity index (χ2v) is 5.69. The van der Waals surface area contributed by atoms with Gasteiger partial charge in [0.1, 0.15) is 0 Å². The van der Waals surface area contributed by atoms with Crippen LogP contribution in [0.25, 0.3) is 5.57 Å². The third-order valence-electron chi connectivity index (χ3n) is 3.24. The van der Waals surface area contributed by atoms with E-state index in [1.165, 1.54) is 11.1 Å². The Morgan fingerprint density at radius 1 is 1.15 bits per heavy atom. The van der Waals surface area contributed by atoms with Gasteiger partial charge in [-0.05, 0) is 24.0 Å². The largest absolute Gasteiger partial charge is 0.321 e. The summed E-state index contributed by atoms with van der Waals surface area (Å²) in [6.07, 6.45) is 0. The van der Waals surface area contributed by atoms with E-state index in [1.807, 2.05) is 29.7 Å². The van der Waals surface area contributed by atoms with E-state index < -0.39 is 0 Å². The zero-order valence-corrected chi connectivity index (χ0v) is 12.0. The Morgan fingerprint density at radius 2 is 2.00 bits per heavy atom. The van der Waals surface area contributed by atoms with E-state index in [-0.39, 0.29) is 5.91 Å². The highest BCUT2D eigenvalue weighted by molar-refractivity contribution is 8.01. The van der Waals surface area contributed by atoms with Crippen molar-refractivity contribution in [3.05, 3.63) is 70.6 Å². The van der Waals surface area contributed by atoms with E-state index >= 15 is 0 Å². The number of para-hydroxylation sites is 1. The first kappa shape index (κ1) is 13.0. The van der Waals surface area contributed by atoms with Gasteiger partial charge in [-0.3, -0.25) is 4.79 Å². The van der Waals surface area contributed by atoms with Crippen LogP contribution in [0.15, 0.2) is 53.9 Å². The minimum Gasteiger partial charge on any atom is -0.321 e. The maximum Gasteiger partial charge on any atom is 0.256 e. The first-order valence-corrected chi connectivity index (χ1v) is 7.57. The van der Waals surface area contributed by atoms with Crippen LogP contribution in [0, 0.1) is 6.92 Å². The number of carbonyl (C=O) groups is 1. The number of hydrogen-bond acceptors (Lipinski definition) is 2. The van der Waals surface area contributed by atoms with Crippen molar-refractivity contribution in [1.29, 1.82) is 0 Å². The number of carbonyl (C=O) groups excluding carboxylic acids is 1. The highest BCUT2D eigenvalue weighted by atomic mass is 32.2. The number of aryl methyl sites for hydroxylation is 1. The second-order valence-electron chi connectivity index (χ2n) is 4.83. The molecular formula is C17H15NOS. The number of rotatable bonds is 3. The van der Waals surface area contributed by atoms with Crippen LogP contribution < -0.4 is 5.32 Å². The van der Waals surface area contributed by atoms with Crippen LogP contribution in [0.1, 0.15) is 16.7 Å². The summed E-state index contributed by atoms with van der Waals surface area (Å²) in [6.45, 7) is 2.09. The Bertz CT molecular complexity index is 691. The van der Waals surface area contributed by atoms with Crippen molar-refractivity contribution < 1.29 is 4.79 Å². The minimum absolute atomic E-state index is 0.0112. The zero-order valence-electron chi connectivity index (χ0n) is 11.2. The van der Waals surface area contributed by atoms with Crippen LogP contribution in [-0.4, -0.2) is 5.91 Å². The van der Waals surface area contributed by atoms with E-state index in [2.05, 4.69) is 36.5 Å². The molecule has 2 nitrogen and oxygen atoms in total. The summed E-state index contributed by atoms with van der Waals surface area (Å²) >= 11 is 1.66. The zero-order chi connectivity index (χ0) is 13.9. The average Bonchev–Trinajstić information content (AvgIpc) is 2.75. The summed E-state index contributed by atoms with van der Waals surface area (Å²) in [5.74, 6) is 0.864. The van der Waals surface area contributed by atoms with Crippen molar-refractivity contribution in [3.8, 4) is 0 Å². The molecule has 1 amide bonds. The molecule has 2 aromatic carbocycles. The number of nitrogens with one attached hydrogen (secondary N) is 1. The number of benzene rings is 2. The van der Waals surface area contributed by atoms with Gasteiger partial charge in [-0.15, -0.1) is 11.8 Å². The molecule has 0 saturated heterocycles. The number of fused-ring (bicyclic) bond motifs is 1. The predicted octanol–water partition coefficient (Wildman–Crippen LogP) is 4.22. The van der Waals surface area contributed by atoms with Gasteiger partial charge in [-0.25, -0.2) is 0 Å². The lowest BCUT2D eigenvalue weighted by atomic mass is 10.1.